The number of aromatic nitrogens is 2. The minimum atomic E-state index is 0.632. The second-order valence-corrected chi connectivity index (χ2v) is 4.78. The van der Waals surface area contributed by atoms with Crippen LogP contribution in [-0.4, -0.2) is 16.4 Å². The van der Waals surface area contributed by atoms with Crippen molar-refractivity contribution >= 4 is 23.9 Å². The molecular formula is C14H16N2OS. The van der Waals surface area contributed by atoms with E-state index in [1.807, 2.05) is 12.2 Å². The first kappa shape index (κ1) is 12.9. The van der Waals surface area contributed by atoms with Crippen LogP contribution in [0.3, 0.4) is 0 Å². The molecule has 0 bridgehead atoms. The average Bonchev–Trinajstić information content (AvgIpc) is 2.85. The first-order chi connectivity index (χ1) is 8.81. The minimum Gasteiger partial charge on any atom is -0.339 e. The molecule has 0 atom stereocenters. The Bertz CT molecular complexity index is 517. The molecule has 0 aliphatic carbocycles. The largest absolute Gasteiger partial charge is 0.339 e. The van der Waals surface area contributed by atoms with E-state index < -0.39 is 0 Å². The SMILES string of the molecule is CCCc1nc(C=Cc2ccc(SC)cc2)no1. The lowest BCUT2D eigenvalue weighted by molar-refractivity contribution is 0.375. The third-order valence-corrected chi connectivity index (χ3v) is 3.23. The number of hydrogen-bond donors (Lipinski definition) is 0. The summed E-state index contributed by atoms with van der Waals surface area (Å²) in [4.78, 5) is 5.54. The summed E-state index contributed by atoms with van der Waals surface area (Å²) in [6.45, 7) is 2.09. The van der Waals surface area contributed by atoms with Gasteiger partial charge in [0.25, 0.3) is 0 Å². The minimum absolute atomic E-state index is 0.632. The van der Waals surface area contributed by atoms with Gasteiger partial charge in [-0.3, -0.25) is 0 Å². The highest BCUT2D eigenvalue weighted by atomic mass is 32.2. The third-order valence-electron chi connectivity index (χ3n) is 2.49. The lowest BCUT2D eigenvalue weighted by Gasteiger charge is -1.95. The van der Waals surface area contributed by atoms with E-state index in [2.05, 4.69) is 47.6 Å². The molecule has 3 nitrogen and oxygen atoms in total. The van der Waals surface area contributed by atoms with Crippen LogP contribution in [0.25, 0.3) is 12.2 Å². The number of hydrogen-bond acceptors (Lipinski definition) is 4. The molecule has 0 unspecified atom stereocenters. The zero-order valence-corrected chi connectivity index (χ0v) is 11.4. The van der Waals surface area contributed by atoms with Gasteiger partial charge >= 0.3 is 0 Å². The normalized spacial score (nSPS) is 11.2. The van der Waals surface area contributed by atoms with E-state index in [0.717, 1.165) is 18.4 Å². The van der Waals surface area contributed by atoms with Crippen LogP contribution in [0.4, 0.5) is 0 Å². The molecule has 18 heavy (non-hydrogen) atoms. The molecule has 1 aromatic carbocycles. The van der Waals surface area contributed by atoms with Gasteiger partial charge in [0.15, 0.2) is 5.82 Å². The Balaban J connectivity index is 2.04. The summed E-state index contributed by atoms with van der Waals surface area (Å²) in [5.74, 6) is 1.34. The van der Waals surface area contributed by atoms with Gasteiger partial charge in [-0.1, -0.05) is 30.3 Å². The number of benzene rings is 1. The summed E-state index contributed by atoms with van der Waals surface area (Å²) in [5.41, 5.74) is 1.13. The van der Waals surface area contributed by atoms with Gasteiger partial charge in [0.1, 0.15) is 0 Å². The molecule has 0 aliphatic rings. The summed E-state index contributed by atoms with van der Waals surface area (Å²) in [6.07, 6.45) is 7.78. The summed E-state index contributed by atoms with van der Waals surface area (Å²) in [5, 5.41) is 3.91. The van der Waals surface area contributed by atoms with Gasteiger partial charge in [0.2, 0.25) is 5.89 Å². The van der Waals surface area contributed by atoms with E-state index in [1.165, 1.54) is 4.90 Å². The van der Waals surface area contributed by atoms with Gasteiger partial charge in [-0.2, -0.15) is 4.98 Å². The maximum absolute atomic E-state index is 5.11. The van der Waals surface area contributed by atoms with Crippen LogP contribution in [0.15, 0.2) is 33.7 Å². The molecule has 2 aromatic rings. The summed E-state index contributed by atoms with van der Waals surface area (Å²) in [7, 11) is 0. The fraction of sp³-hybridized carbons (Fsp3) is 0.286. The maximum atomic E-state index is 5.11. The fourth-order valence-corrected chi connectivity index (χ4v) is 1.95. The Kier molecular flexibility index (Phi) is 4.59. The summed E-state index contributed by atoms with van der Waals surface area (Å²) in [6, 6.07) is 8.36. The third kappa shape index (κ3) is 3.47. The molecule has 1 aromatic heterocycles. The predicted molar refractivity (Wildman–Crippen MR) is 75.4 cm³/mol. The van der Waals surface area contributed by atoms with E-state index in [4.69, 9.17) is 4.52 Å². The van der Waals surface area contributed by atoms with Gasteiger partial charge < -0.3 is 4.52 Å². The molecule has 0 N–H and O–H groups in total. The number of thioether (sulfide) groups is 1. The van der Waals surface area contributed by atoms with Gasteiger partial charge in [-0.25, -0.2) is 0 Å². The van der Waals surface area contributed by atoms with Crippen molar-refractivity contribution in [1.29, 1.82) is 0 Å². The van der Waals surface area contributed by atoms with Crippen LogP contribution in [0.2, 0.25) is 0 Å². The standard InChI is InChI=1S/C14H16N2OS/c1-3-4-14-15-13(16-17-14)10-7-11-5-8-12(18-2)9-6-11/h5-10H,3-4H2,1-2H3. The van der Waals surface area contributed by atoms with Crippen LogP contribution in [0, 0.1) is 0 Å². The number of aryl methyl sites for hydroxylation is 1. The molecule has 94 valence electrons. The Hall–Kier alpha value is -1.55. The Morgan fingerprint density at radius 1 is 1.22 bits per heavy atom. The van der Waals surface area contributed by atoms with Crippen molar-refractivity contribution < 1.29 is 4.52 Å². The fourth-order valence-electron chi connectivity index (χ4n) is 1.54. The Morgan fingerprint density at radius 3 is 2.67 bits per heavy atom. The highest BCUT2D eigenvalue weighted by molar-refractivity contribution is 7.98. The molecule has 0 saturated carbocycles. The van der Waals surface area contributed by atoms with Crippen molar-refractivity contribution in [1.82, 2.24) is 10.1 Å². The van der Waals surface area contributed by atoms with Crippen molar-refractivity contribution in [2.75, 3.05) is 6.26 Å². The smallest absolute Gasteiger partial charge is 0.226 e. The van der Waals surface area contributed by atoms with Crippen molar-refractivity contribution in [2.45, 2.75) is 24.7 Å². The van der Waals surface area contributed by atoms with Crippen molar-refractivity contribution in [2.24, 2.45) is 0 Å². The van der Waals surface area contributed by atoms with Gasteiger partial charge in [0, 0.05) is 11.3 Å². The first-order valence-electron chi connectivity index (χ1n) is 5.96. The van der Waals surface area contributed by atoms with Gasteiger partial charge in [0.05, 0.1) is 0 Å². The highest BCUT2D eigenvalue weighted by Crippen LogP contribution is 2.16. The summed E-state index contributed by atoms with van der Waals surface area (Å²) >= 11 is 1.74. The zero-order valence-electron chi connectivity index (χ0n) is 10.6. The van der Waals surface area contributed by atoms with Crippen LogP contribution >= 0.6 is 11.8 Å². The quantitative estimate of drug-likeness (QED) is 0.764. The number of nitrogens with zero attached hydrogens (tertiary/aromatic N) is 2. The number of rotatable bonds is 5. The molecule has 4 heteroatoms. The van der Waals surface area contributed by atoms with E-state index in [1.54, 1.807) is 11.8 Å². The lowest BCUT2D eigenvalue weighted by atomic mass is 10.2. The van der Waals surface area contributed by atoms with Crippen molar-refractivity contribution in [3.63, 3.8) is 0 Å². The molecule has 0 amide bonds. The average molecular weight is 260 g/mol. The van der Waals surface area contributed by atoms with Gasteiger partial charge in [-0.15, -0.1) is 11.8 Å². The zero-order chi connectivity index (χ0) is 12.8. The monoisotopic (exact) mass is 260 g/mol. The van der Waals surface area contributed by atoms with Crippen LogP contribution < -0.4 is 0 Å². The molecular weight excluding hydrogens is 244 g/mol. The molecule has 0 radical (unpaired) electrons. The van der Waals surface area contributed by atoms with Crippen LogP contribution in [-0.2, 0) is 6.42 Å². The van der Waals surface area contributed by atoms with Crippen molar-refractivity contribution in [3.8, 4) is 0 Å². The molecule has 0 spiro atoms. The van der Waals surface area contributed by atoms with E-state index in [-0.39, 0.29) is 0 Å². The topological polar surface area (TPSA) is 38.9 Å². The molecule has 0 fully saturated rings. The second kappa shape index (κ2) is 6.40. The van der Waals surface area contributed by atoms with E-state index >= 15 is 0 Å². The Morgan fingerprint density at radius 2 is 2.00 bits per heavy atom. The highest BCUT2D eigenvalue weighted by Gasteiger charge is 2.01. The van der Waals surface area contributed by atoms with Crippen LogP contribution in [0.1, 0.15) is 30.6 Å². The van der Waals surface area contributed by atoms with Gasteiger partial charge in [-0.05, 0) is 36.4 Å². The first-order valence-corrected chi connectivity index (χ1v) is 7.19. The Labute approximate surface area is 111 Å². The van der Waals surface area contributed by atoms with Crippen molar-refractivity contribution in [3.05, 3.63) is 41.5 Å². The van der Waals surface area contributed by atoms with Crippen LogP contribution in [0.5, 0.6) is 0 Å². The summed E-state index contributed by atoms with van der Waals surface area (Å²) < 4.78 is 5.11. The van der Waals surface area contributed by atoms with E-state index in [0.29, 0.717) is 11.7 Å². The second-order valence-electron chi connectivity index (χ2n) is 3.90. The molecule has 2 rings (SSSR count). The molecule has 0 saturated heterocycles. The lowest BCUT2D eigenvalue weighted by Crippen LogP contribution is -1.82. The predicted octanol–water partition coefficient (Wildman–Crippen LogP) is 3.91. The van der Waals surface area contributed by atoms with E-state index in [9.17, 15) is 0 Å². The molecule has 0 aliphatic heterocycles. The maximum Gasteiger partial charge on any atom is 0.226 e. The molecule has 1 heterocycles.